The van der Waals surface area contributed by atoms with Crippen LogP contribution in [0, 0.1) is 0 Å². The zero-order valence-electron chi connectivity index (χ0n) is 6.08. The van der Waals surface area contributed by atoms with E-state index in [0.717, 1.165) is 24.8 Å². The molecule has 2 heteroatoms. The molecule has 1 atom stereocenters. The van der Waals surface area contributed by atoms with Gasteiger partial charge in [-0.05, 0) is 31.3 Å². The van der Waals surface area contributed by atoms with E-state index in [-0.39, 0.29) is 6.61 Å². The van der Waals surface area contributed by atoms with Gasteiger partial charge in [-0.15, -0.1) is 0 Å². The fourth-order valence-electron chi connectivity index (χ4n) is 1.28. The van der Waals surface area contributed by atoms with Crippen molar-refractivity contribution in [1.29, 1.82) is 0 Å². The van der Waals surface area contributed by atoms with Gasteiger partial charge < -0.3 is 10.2 Å². The van der Waals surface area contributed by atoms with Crippen LogP contribution < -0.4 is 0 Å². The highest BCUT2D eigenvalue weighted by Gasteiger charge is 2.11. The van der Waals surface area contributed by atoms with Crippen molar-refractivity contribution in [2.75, 3.05) is 6.61 Å². The van der Waals surface area contributed by atoms with Gasteiger partial charge in [0.2, 0.25) is 0 Å². The molecular weight excluding hydrogens is 128 g/mol. The van der Waals surface area contributed by atoms with Gasteiger partial charge in [0.1, 0.15) is 0 Å². The second kappa shape index (κ2) is 3.74. The predicted octanol–water partition coefficient (Wildman–Crippen LogP) is 0.840. The second-order valence-corrected chi connectivity index (χ2v) is 2.72. The first-order chi connectivity index (χ1) is 4.84. The van der Waals surface area contributed by atoms with Gasteiger partial charge in [-0.3, -0.25) is 0 Å². The Morgan fingerprint density at radius 2 is 2.30 bits per heavy atom. The average Bonchev–Trinajstić information content (AvgIpc) is 2.05. The molecule has 0 aromatic rings. The molecule has 0 aromatic heterocycles. The largest absolute Gasteiger partial charge is 0.393 e. The lowest BCUT2D eigenvalue weighted by Crippen LogP contribution is -2.16. The average molecular weight is 142 g/mol. The Morgan fingerprint density at radius 3 is 2.80 bits per heavy atom. The maximum atomic E-state index is 9.16. The molecule has 2 N–H and O–H groups in total. The van der Waals surface area contributed by atoms with E-state index in [4.69, 9.17) is 10.2 Å². The van der Waals surface area contributed by atoms with Gasteiger partial charge in [0.15, 0.2) is 0 Å². The van der Waals surface area contributed by atoms with Crippen molar-refractivity contribution >= 4 is 0 Å². The molecule has 1 aliphatic rings. The third-order valence-corrected chi connectivity index (χ3v) is 1.93. The minimum Gasteiger partial charge on any atom is -0.393 e. The van der Waals surface area contributed by atoms with Crippen molar-refractivity contribution in [2.24, 2.45) is 0 Å². The van der Waals surface area contributed by atoms with E-state index in [1.165, 1.54) is 6.42 Å². The maximum Gasteiger partial charge on any atom is 0.0980 e. The van der Waals surface area contributed by atoms with Gasteiger partial charge in [-0.25, -0.2) is 0 Å². The minimum atomic E-state index is -0.597. The van der Waals surface area contributed by atoms with Crippen LogP contribution in [0.15, 0.2) is 11.6 Å². The molecule has 0 saturated heterocycles. The molecule has 0 heterocycles. The van der Waals surface area contributed by atoms with Gasteiger partial charge in [-0.2, -0.15) is 0 Å². The van der Waals surface area contributed by atoms with Crippen LogP contribution in [0.5, 0.6) is 0 Å². The molecule has 1 rings (SSSR count). The Bertz CT molecular complexity index is 129. The van der Waals surface area contributed by atoms with Crippen LogP contribution in [0.1, 0.15) is 25.7 Å². The zero-order valence-corrected chi connectivity index (χ0v) is 6.08. The second-order valence-electron chi connectivity index (χ2n) is 2.72. The summed E-state index contributed by atoms with van der Waals surface area (Å²) in [4.78, 5) is 0. The normalized spacial score (nSPS) is 22.0. The van der Waals surface area contributed by atoms with E-state index < -0.39 is 6.10 Å². The molecule has 0 spiro atoms. The first-order valence-corrected chi connectivity index (χ1v) is 3.82. The standard InChI is InChI=1S/C8H14O2/c9-6-8(10)7-4-2-1-3-5-7/h4,8-10H,1-3,5-6H2/t8-/m0/s1. The minimum absolute atomic E-state index is 0.133. The highest BCUT2D eigenvalue weighted by molar-refractivity contribution is 5.10. The highest BCUT2D eigenvalue weighted by atomic mass is 16.3. The van der Waals surface area contributed by atoms with Gasteiger partial charge in [-0.1, -0.05) is 6.08 Å². The lowest BCUT2D eigenvalue weighted by molar-refractivity contribution is 0.118. The van der Waals surface area contributed by atoms with Crippen LogP contribution in [0.3, 0.4) is 0 Å². The summed E-state index contributed by atoms with van der Waals surface area (Å²) >= 11 is 0. The number of aliphatic hydroxyl groups is 2. The SMILES string of the molecule is OC[C@H](O)C1=CCCCC1. The molecule has 58 valence electrons. The van der Waals surface area contributed by atoms with Crippen molar-refractivity contribution in [2.45, 2.75) is 31.8 Å². The lowest BCUT2D eigenvalue weighted by Gasteiger charge is -2.16. The molecule has 0 bridgehead atoms. The van der Waals surface area contributed by atoms with Gasteiger partial charge in [0, 0.05) is 0 Å². The van der Waals surface area contributed by atoms with Crippen LogP contribution >= 0.6 is 0 Å². The van der Waals surface area contributed by atoms with Crippen LogP contribution in [0.4, 0.5) is 0 Å². The fourth-order valence-corrected chi connectivity index (χ4v) is 1.28. The van der Waals surface area contributed by atoms with Crippen LogP contribution in [-0.2, 0) is 0 Å². The summed E-state index contributed by atoms with van der Waals surface area (Å²) in [5, 5.41) is 17.8. The molecule has 0 fully saturated rings. The summed E-state index contributed by atoms with van der Waals surface area (Å²) in [6.07, 6.45) is 5.85. The monoisotopic (exact) mass is 142 g/mol. The third-order valence-electron chi connectivity index (χ3n) is 1.93. The third kappa shape index (κ3) is 1.82. The Morgan fingerprint density at radius 1 is 1.50 bits per heavy atom. The molecule has 0 amide bonds. The number of rotatable bonds is 2. The number of hydrogen-bond acceptors (Lipinski definition) is 2. The van der Waals surface area contributed by atoms with Crippen molar-refractivity contribution in [3.63, 3.8) is 0 Å². The summed E-state index contributed by atoms with van der Waals surface area (Å²) < 4.78 is 0. The summed E-state index contributed by atoms with van der Waals surface area (Å²) in [5.41, 5.74) is 1.02. The summed E-state index contributed by atoms with van der Waals surface area (Å²) in [6, 6.07) is 0. The van der Waals surface area contributed by atoms with E-state index in [1.807, 2.05) is 6.08 Å². The Balaban J connectivity index is 2.44. The smallest absolute Gasteiger partial charge is 0.0980 e. The van der Waals surface area contributed by atoms with E-state index in [1.54, 1.807) is 0 Å². The van der Waals surface area contributed by atoms with E-state index in [2.05, 4.69) is 0 Å². The molecule has 0 aromatic carbocycles. The van der Waals surface area contributed by atoms with Gasteiger partial charge in [0.25, 0.3) is 0 Å². The predicted molar refractivity (Wildman–Crippen MR) is 39.6 cm³/mol. The van der Waals surface area contributed by atoms with Crippen molar-refractivity contribution in [3.05, 3.63) is 11.6 Å². The highest BCUT2D eigenvalue weighted by Crippen LogP contribution is 2.19. The molecule has 0 radical (unpaired) electrons. The fraction of sp³-hybridized carbons (Fsp3) is 0.750. The topological polar surface area (TPSA) is 40.5 Å². The summed E-state index contributed by atoms with van der Waals surface area (Å²) in [5.74, 6) is 0. The molecule has 1 aliphatic carbocycles. The van der Waals surface area contributed by atoms with Crippen LogP contribution in [-0.4, -0.2) is 22.9 Å². The molecule has 0 unspecified atom stereocenters. The molecule has 10 heavy (non-hydrogen) atoms. The van der Waals surface area contributed by atoms with E-state index in [9.17, 15) is 0 Å². The number of aliphatic hydroxyl groups excluding tert-OH is 2. The molecular formula is C8H14O2. The summed E-state index contributed by atoms with van der Waals surface area (Å²) in [6.45, 7) is -0.133. The Labute approximate surface area is 61.2 Å². The molecule has 0 aliphatic heterocycles. The molecule has 0 saturated carbocycles. The molecule has 2 nitrogen and oxygen atoms in total. The van der Waals surface area contributed by atoms with Crippen molar-refractivity contribution in [3.8, 4) is 0 Å². The maximum absolute atomic E-state index is 9.16. The lowest BCUT2D eigenvalue weighted by atomic mass is 9.96. The van der Waals surface area contributed by atoms with E-state index in [0.29, 0.717) is 0 Å². The van der Waals surface area contributed by atoms with Gasteiger partial charge >= 0.3 is 0 Å². The summed E-state index contributed by atoms with van der Waals surface area (Å²) in [7, 11) is 0. The Hall–Kier alpha value is -0.340. The zero-order chi connectivity index (χ0) is 7.40. The van der Waals surface area contributed by atoms with Crippen molar-refractivity contribution < 1.29 is 10.2 Å². The quantitative estimate of drug-likeness (QED) is 0.561. The van der Waals surface area contributed by atoms with Gasteiger partial charge in [0.05, 0.1) is 12.7 Å². The van der Waals surface area contributed by atoms with Crippen LogP contribution in [0.25, 0.3) is 0 Å². The Kier molecular flexibility index (Phi) is 2.90. The number of allylic oxidation sites excluding steroid dienone is 1. The van der Waals surface area contributed by atoms with Crippen LogP contribution in [0.2, 0.25) is 0 Å². The van der Waals surface area contributed by atoms with E-state index >= 15 is 0 Å². The van der Waals surface area contributed by atoms with Crippen molar-refractivity contribution in [1.82, 2.24) is 0 Å². The first-order valence-electron chi connectivity index (χ1n) is 3.82. The number of hydrogen-bond donors (Lipinski definition) is 2. The first kappa shape index (κ1) is 7.76.